The quantitative estimate of drug-likeness (QED) is 0.645. The Kier molecular flexibility index (Phi) is 4.28. The van der Waals surface area contributed by atoms with Crippen molar-refractivity contribution in [2.75, 3.05) is 37.7 Å². The van der Waals surface area contributed by atoms with Crippen molar-refractivity contribution < 1.29 is 14.0 Å². The van der Waals surface area contributed by atoms with E-state index in [0.717, 1.165) is 10.8 Å². The van der Waals surface area contributed by atoms with Gasteiger partial charge in [0.1, 0.15) is 5.82 Å². The minimum absolute atomic E-state index is 0.230. The highest BCUT2D eigenvalue weighted by molar-refractivity contribution is 6.25. The number of anilines is 1. The van der Waals surface area contributed by atoms with Crippen LogP contribution < -0.4 is 4.90 Å². The highest BCUT2D eigenvalue weighted by Gasteiger charge is 2.34. The van der Waals surface area contributed by atoms with E-state index in [9.17, 15) is 14.0 Å². The molecule has 6 heteroatoms. The van der Waals surface area contributed by atoms with Crippen molar-refractivity contribution in [3.8, 4) is 0 Å². The van der Waals surface area contributed by atoms with Crippen LogP contribution in [0.2, 0.25) is 0 Å². The standard InChI is InChI=1S/C23H20FN3O2/c24-19-9-1-2-10-20(19)26-13-11-25(12-14-26)15-27-22(28)17-7-3-5-16-6-4-8-18(21(16)17)23(27)29/h1-10H,11-15H2. The maximum atomic E-state index is 14.0. The van der Waals surface area contributed by atoms with E-state index in [4.69, 9.17) is 0 Å². The number of halogens is 1. The summed E-state index contributed by atoms with van der Waals surface area (Å²) >= 11 is 0. The highest BCUT2D eigenvalue weighted by atomic mass is 19.1. The van der Waals surface area contributed by atoms with Gasteiger partial charge in [-0.25, -0.2) is 4.39 Å². The molecule has 5 rings (SSSR count). The summed E-state index contributed by atoms with van der Waals surface area (Å²) in [6, 6.07) is 17.8. The van der Waals surface area contributed by atoms with Gasteiger partial charge in [0.15, 0.2) is 0 Å². The molecule has 2 aliphatic rings. The fourth-order valence-electron chi connectivity index (χ4n) is 4.25. The lowest BCUT2D eigenvalue weighted by Crippen LogP contribution is -2.53. The Balaban J connectivity index is 1.34. The molecule has 2 aliphatic heterocycles. The molecule has 1 fully saturated rings. The van der Waals surface area contributed by atoms with E-state index in [0.29, 0.717) is 43.0 Å². The minimum Gasteiger partial charge on any atom is -0.367 e. The van der Waals surface area contributed by atoms with E-state index in [1.54, 1.807) is 24.3 Å². The molecule has 0 unspecified atom stereocenters. The van der Waals surface area contributed by atoms with E-state index < -0.39 is 0 Å². The van der Waals surface area contributed by atoms with Gasteiger partial charge in [-0.2, -0.15) is 0 Å². The number of carbonyl (C=O) groups excluding carboxylic acids is 2. The Morgan fingerprint density at radius 3 is 2.00 bits per heavy atom. The van der Waals surface area contributed by atoms with Crippen molar-refractivity contribution in [3.63, 3.8) is 0 Å². The third-order valence-corrected chi connectivity index (χ3v) is 5.76. The van der Waals surface area contributed by atoms with Crippen molar-refractivity contribution in [1.29, 1.82) is 0 Å². The minimum atomic E-state index is -0.254. The summed E-state index contributed by atoms with van der Waals surface area (Å²) in [5.74, 6) is -0.737. The molecule has 1 saturated heterocycles. The zero-order chi connectivity index (χ0) is 20.0. The smallest absolute Gasteiger partial charge is 0.262 e. The average molecular weight is 389 g/mol. The number of hydrogen-bond donors (Lipinski definition) is 0. The maximum Gasteiger partial charge on any atom is 0.262 e. The summed E-state index contributed by atoms with van der Waals surface area (Å²) in [4.78, 5) is 31.5. The number of nitrogens with zero attached hydrogens (tertiary/aromatic N) is 3. The second-order valence-electron chi connectivity index (χ2n) is 7.45. The summed E-state index contributed by atoms with van der Waals surface area (Å²) in [7, 11) is 0. The molecule has 0 atom stereocenters. The van der Waals surface area contributed by atoms with E-state index >= 15 is 0 Å². The van der Waals surface area contributed by atoms with Gasteiger partial charge in [-0.1, -0.05) is 36.4 Å². The van der Waals surface area contributed by atoms with Gasteiger partial charge in [-0.15, -0.1) is 0 Å². The molecule has 0 aromatic heterocycles. The van der Waals surface area contributed by atoms with Gasteiger partial charge in [0, 0.05) is 42.7 Å². The molecule has 0 N–H and O–H groups in total. The first-order chi connectivity index (χ1) is 14.1. The van der Waals surface area contributed by atoms with Crippen molar-refractivity contribution in [1.82, 2.24) is 9.80 Å². The fraction of sp³-hybridized carbons (Fsp3) is 0.217. The predicted octanol–water partition coefficient (Wildman–Crippen LogP) is 3.35. The van der Waals surface area contributed by atoms with Crippen LogP contribution in [0.3, 0.4) is 0 Å². The van der Waals surface area contributed by atoms with Crippen LogP contribution in [0.5, 0.6) is 0 Å². The molecule has 5 nitrogen and oxygen atoms in total. The third-order valence-electron chi connectivity index (χ3n) is 5.76. The summed E-state index contributed by atoms with van der Waals surface area (Å²) in [5.41, 5.74) is 1.74. The van der Waals surface area contributed by atoms with Crippen molar-refractivity contribution in [3.05, 3.63) is 77.6 Å². The molecule has 3 aromatic rings. The summed E-state index contributed by atoms with van der Waals surface area (Å²) < 4.78 is 14.0. The largest absolute Gasteiger partial charge is 0.367 e. The number of para-hydroxylation sites is 1. The summed E-state index contributed by atoms with van der Waals surface area (Å²) in [6.45, 7) is 2.83. The van der Waals surface area contributed by atoms with Crippen LogP contribution in [-0.2, 0) is 0 Å². The van der Waals surface area contributed by atoms with Gasteiger partial charge in [-0.05, 0) is 29.7 Å². The number of amides is 2. The number of carbonyl (C=O) groups is 2. The molecule has 2 heterocycles. The third kappa shape index (κ3) is 2.96. The molecular weight excluding hydrogens is 369 g/mol. The number of imide groups is 1. The van der Waals surface area contributed by atoms with Gasteiger partial charge < -0.3 is 4.90 Å². The van der Waals surface area contributed by atoms with E-state index in [2.05, 4.69) is 4.90 Å². The van der Waals surface area contributed by atoms with Gasteiger partial charge >= 0.3 is 0 Å². The molecule has 29 heavy (non-hydrogen) atoms. The van der Waals surface area contributed by atoms with Gasteiger partial charge in [0.25, 0.3) is 11.8 Å². The van der Waals surface area contributed by atoms with Crippen molar-refractivity contribution in [2.24, 2.45) is 0 Å². The molecule has 0 spiro atoms. The zero-order valence-corrected chi connectivity index (χ0v) is 15.8. The monoisotopic (exact) mass is 389 g/mol. The first-order valence-electron chi connectivity index (χ1n) is 9.73. The van der Waals surface area contributed by atoms with Crippen LogP contribution in [-0.4, -0.2) is 54.5 Å². The first-order valence-corrected chi connectivity index (χ1v) is 9.73. The van der Waals surface area contributed by atoms with Gasteiger partial charge in [-0.3, -0.25) is 19.4 Å². The Labute approximate surface area is 167 Å². The Hall–Kier alpha value is -3.25. The fourth-order valence-corrected chi connectivity index (χ4v) is 4.25. The molecule has 0 radical (unpaired) electrons. The second kappa shape index (κ2) is 6.97. The number of hydrogen-bond acceptors (Lipinski definition) is 4. The lowest BCUT2D eigenvalue weighted by Gasteiger charge is -2.38. The van der Waals surface area contributed by atoms with Crippen LogP contribution in [0, 0.1) is 5.82 Å². The number of benzene rings is 3. The van der Waals surface area contributed by atoms with Gasteiger partial charge in [0.05, 0.1) is 12.4 Å². The van der Waals surface area contributed by atoms with Crippen molar-refractivity contribution in [2.45, 2.75) is 0 Å². The topological polar surface area (TPSA) is 43.9 Å². The normalized spacial score (nSPS) is 17.3. The predicted molar refractivity (Wildman–Crippen MR) is 110 cm³/mol. The second-order valence-corrected chi connectivity index (χ2v) is 7.45. The molecule has 0 bridgehead atoms. The average Bonchev–Trinajstić information content (AvgIpc) is 2.76. The van der Waals surface area contributed by atoms with E-state index in [1.165, 1.54) is 11.0 Å². The summed E-state index contributed by atoms with van der Waals surface area (Å²) in [5, 5.41) is 1.64. The van der Waals surface area contributed by atoms with Crippen LogP contribution >= 0.6 is 0 Å². The van der Waals surface area contributed by atoms with Crippen LogP contribution in [0.25, 0.3) is 10.8 Å². The first kappa shape index (κ1) is 17.8. The Bertz CT molecular complexity index is 1070. The molecule has 2 amide bonds. The Morgan fingerprint density at radius 2 is 1.38 bits per heavy atom. The Morgan fingerprint density at radius 1 is 0.759 bits per heavy atom. The van der Waals surface area contributed by atoms with Crippen LogP contribution in [0.4, 0.5) is 10.1 Å². The molecular formula is C23H20FN3O2. The lowest BCUT2D eigenvalue weighted by atomic mass is 9.94. The van der Waals surface area contributed by atoms with E-state index in [-0.39, 0.29) is 24.3 Å². The molecule has 146 valence electrons. The highest BCUT2D eigenvalue weighted by Crippen LogP contribution is 2.30. The number of rotatable bonds is 3. The van der Waals surface area contributed by atoms with Crippen LogP contribution in [0.15, 0.2) is 60.7 Å². The van der Waals surface area contributed by atoms with E-state index in [1.807, 2.05) is 35.2 Å². The van der Waals surface area contributed by atoms with Crippen LogP contribution in [0.1, 0.15) is 20.7 Å². The van der Waals surface area contributed by atoms with Gasteiger partial charge in [0.2, 0.25) is 0 Å². The maximum absolute atomic E-state index is 14.0. The zero-order valence-electron chi connectivity index (χ0n) is 15.8. The molecule has 3 aromatic carbocycles. The lowest BCUT2D eigenvalue weighted by molar-refractivity contribution is 0.0490. The number of piperazine rings is 1. The molecule has 0 saturated carbocycles. The SMILES string of the molecule is O=C1c2cccc3cccc(c23)C(=O)N1CN1CCN(c2ccccc2F)CC1. The van der Waals surface area contributed by atoms with Crippen molar-refractivity contribution >= 4 is 28.3 Å². The molecule has 0 aliphatic carbocycles. The summed E-state index contributed by atoms with van der Waals surface area (Å²) in [6.07, 6.45) is 0.